The van der Waals surface area contributed by atoms with Crippen LogP contribution in [0.2, 0.25) is 0 Å². The van der Waals surface area contributed by atoms with Crippen LogP contribution in [-0.2, 0) is 14.4 Å². The summed E-state index contributed by atoms with van der Waals surface area (Å²) in [5, 5.41) is 2.77. The number of benzene rings is 2. The minimum atomic E-state index is -1.11. The quantitative estimate of drug-likeness (QED) is 0.700. The monoisotopic (exact) mass is 434 g/mol. The third-order valence-corrected chi connectivity index (χ3v) is 5.49. The fourth-order valence-electron chi connectivity index (χ4n) is 3.96. The Morgan fingerprint density at radius 3 is 2.47 bits per heavy atom. The molecule has 0 radical (unpaired) electrons. The molecule has 1 aliphatic rings. The normalized spacial score (nSPS) is 16.8. The second-order valence-corrected chi connectivity index (χ2v) is 8.67. The van der Waals surface area contributed by atoms with Gasteiger partial charge in [-0.25, -0.2) is 4.99 Å². The van der Waals surface area contributed by atoms with Crippen molar-refractivity contribution in [1.82, 2.24) is 5.32 Å². The van der Waals surface area contributed by atoms with E-state index in [0.29, 0.717) is 12.1 Å². The summed E-state index contributed by atoms with van der Waals surface area (Å²) in [5.41, 5.74) is 9.41. The molecule has 0 spiro atoms. The molecule has 2 atom stereocenters. The summed E-state index contributed by atoms with van der Waals surface area (Å²) < 4.78 is 0. The highest BCUT2D eigenvalue weighted by atomic mass is 16.2. The number of nitrogens with zero attached hydrogens (tertiary/aromatic N) is 2. The minimum Gasteiger partial charge on any atom is -0.370 e. The van der Waals surface area contributed by atoms with Crippen LogP contribution < -0.4 is 16.0 Å². The number of carbonyl (C=O) groups is 3. The number of fused-ring (bicyclic) bond motifs is 1. The Balaban J connectivity index is 2.04. The van der Waals surface area contributed by atoms with Crippen LogP contribution in [0.4, 0.5) is 5.69 Å². The number of hydrogen-bond donors (Lipinski definition) is 2. The maximum absolute atomic E-state index is 13.3. The number of carbonyl (C=O) groups excluding carboxylic acids is 3. The molecule has 3 rings (SSSR count). The zero-order valence-electron chi connectivity index (χ0n) is 19.0. The zero-order chi connectivity index (χ0) is 23.4. The number of rotatable bonds is 7. The van der Waals surface area contributed by atoms with Crippen LogP contribution in [0.15, 0.2) is 53.5 Å². The molecule has 1 unspecified atom stereocenters. The van der Waals surface area contributed by atoms with Crippen molar-refractivity contribution in [3.63, 3.8) is 0 Å². The Labute approximate surface area is 188 Å². The van der Waals surface area contributed by atoms with Crippen LogP contribution in [0.1, 0.15) is 43.4 Å². The fourth-order valence-corrected chi connectivity index (χ4v) is 3.96. The van der Waals surface area contributed by atoms with Crippen molar-refractivity contribution in [3.05, 3.63) is 65.2 Å². The summed E-state index contributed by atoms with van der Waals surface area (Å²) >= 11 is 0. The molecule has 0 bridgehead atoms. The van der Waals surface area contributed by atoms with Crippen LogP contribution in [0.25, 0.3) is 0 Å². The van der Waals surface area contributed by atoms with Gasteiger partial charge in [0.2, 0.25) is 18.0 Å². The first-order chi connectivity index (χ1) is 15.2. The second kappa shape index (κ2) is 9.77. The molecule has 1 heterocycles. The standard InChI is InChI=1S/C25H30N4O3/c1-15(2)12-18(14-21(26)30)24(31)28-23-25(32)29(4)20-11-10-16(3)13-19(20)22(27-23)17-8-6-5-7-9-17/h5-11,13,15,18,23H,12,14H2,1-4H3,(H2,26,30)(H,28,31)/t18-,23?/m1/s1. The van der Waals surface area contributed by atoms with E-state index in [0.717, 1.165) is 22.4 Å². The minimum absolute atomic E-state index is 0.0740. The van der Waals surface area contributed by atoms with Crippen LogP contribution >= 0.6 is 0 Å². The molecule has 0 aromatic heterocycles. The largest absolute Gasteiger partial charge is 0.370 e. The van der Waals surface area contributed by atoms with E-state index in [2.05, 4.69) is 5.32 Å². The average molecular weight is 435 g/mol. The lowest BCUT2D eigenvalue weighted by Crippen LogP contribution is -2.48. The number of aliphatic imine (C=N–C) groups is 1. The molecule has 2 aromatic rings. The van der Waals surface area contributed by atoms with Crippen molar-refractivity contribution >= 4 is 29.1 Å². The zero-order valence-corrected chi connectivity index (χ0v) is 19.0. The predicted octanol–water partition coefficient (Wildman–Crippen LogP) is 2.79. The number of nitrogens with one attached hydrogen (secondary N) is 1. The van der Waals surface area contributed by atoms with Crippen LogP contribution in [-0.4, -0.2) is 36.6 Å². The molecule has 0 saturated carbocycles. The lowest BCUT2D eigenvalue weighted by Gasteiger charge is -2.23. The third-order valence-electron chi connectivity index (χ3n) is 5.49. The molecule has 0 fully saturated rings. The van der Waals surface area contributed by atoms with Gasteiger partial charge in [-0.3, -0.25) is 14.4 Å². The lowest BCUT2D eigenvalue weighted by atomic mass is 9.93. The van der Waals surface area contributed by atoms with Crippen molar-refractivity contribution in [2.75, 3.05) is 11.9 Å². The average Bonchev–Trinajstić information content (AvgIpc) is 2.83. The Morgan fingerprint density at radius 1 is 1.16 bits per heavy atom. The van der Waals surface area contributed by atoms with Gasteiger partial charge in [-0.15, -0.1) is 0 Å². The Kier molecular flexibility index (Phi) is 7.08. The van der Waals surface area contributed by atoms with E-state index in [1.165, 1.54) is 4.90 Å². The van der Waals surface area contributed by atoms with Gasteiger partial charge >= 0.3 is 0 Å². The number of aryl methyl sites for hydroxylation is 1. The van der Waals surface area contributed by atoms with Gasteiger partial charge in [0.05, 0.1) is 11.4 Å². The maximum Gasteiger partial charge on any atom is 0.272 e. The van der Waals surface area contributed by atoms with Gasteiger partial charge in [0, 0.05) is 30.5 Å². The smallest absolute Gasteiger partial charge is 0.272 e. The van der Waals surface area contributed by atoms with Crippen molar-refractivity contribution < 1.29 is 14.4 Å². The first-order valence-electron chi connectivity index (χ1n) is 10.8. The van der Waals surface area contributed by atoms with E-state index in [-0.39, 0.29) is 18.2 Å². The molecular formula is C25H30N4O3. The molecule has 1 aliphatic heterocycles. The Morgan fingerprint density at radius 2 is 1.84 bits per heavy atom. The van der Waals surface area contributed by atoms with E-state index in [4.69, 9.17) is 10.7 Å². The van der Waals surface area contributed by atoms with Gasteiger partial charge < -0.3 is 16.0 Å². The molecule has 168 valence electrons. The van der Waals surface area contributed by atoms with Gasteiger partial charge in [-0.05, 0) is 31.4 Å². The first-order valence-corrected chi connectivity index (χ1v) is 10.8. The third kappa shape index (κ3) is 5.22. The summed E-state index contributed by atoms with van der Waals surface area (Å²) in [6.07, 6.45) is -0.701. The van der Waals surface area contributed by atoms with E-state index in [1.807, 2.05) is 69.3 Å². The molecule has 3 N–H and O–H groups in total. The summed E-state index contributed by atoms with van der Waals surface area (Å²) in [4.78, 5) is 44.1. The molecule has 3 amide bonds. The van der Waals surface area contributed by atoms with Gasteiger partial charge in [-0.2, -0.15) is 0 Å². The summed E-state index contributed by atoms with van der Waals surface area (Å²) in [5.74, 6) is -1.73. The van der Waals surface area contributed by atoms with E-state index >= 15 is 0 Å². The SMILES string of the molecule is Cc1ccc2c(c1)C(c1ccccc1)=NC(NC(=O)[C@@H](CC(N)=O)CC(C)C)C(=O)N2C. The first kappa shape index (κ1) is 23.2. The van der Waals surface area contributed by atoms with E-state index in [1.54, 1.807) is 7.05 Å². The van der Waals surface area contributed by atoms with Crippen LogP contribution in [0, 0.1) is 18.8 Å². The molecule has 0 saturated heterocycles. The predicted molar refractivity (Wildman–Crippen MR) is 125 cm³/mol. The number of anilines is 1. The number of amides is 3. The second-order valence-electron chi connectivity index (χ2n) is 8.67. The number of primary amides is 1. The number of nitrogens with two attached hydrogens (primary N) is 1. The highest BCUT2D eigenvalue weighted by Crippen LogP contribution is 2.28. The summed E-state index contributed by atoms with van der Waals surface area (Å²) in [7, 11) is 1.67. The molecule has 32 heavy (non-hydrogen) atoms. The van der Waals surface area contributed by atoms with Gasteiger partial charge in [0.1, 0.15) is 0 Å². The molecule has 7 nitrogen and oxygen atoms in total. The van der Waals surface area contributed by atoms with Gasteiger partial charge in [-0.1, -0.05) is 55.8 Å². The Hall–Kier alpha value is -3.48. The number of hydrogen-bond acceptors (Lipinski definition) is 4. The fraction of sp³-hybridized carbons (Fsp3) is 0.360. The highest BCUT2D eigenvalue weighted by Gasteiger charge is 2.33. The van der Waals surface area contributed by atoms with Crippen LogP contribution in [0.3, 0.4) is 0 Å². The van der Waals surface area contributed by atoms with Crippen molar-refractivity contribution in [2.24, 2.45) is 22.6 Å². The number of likely N-dealkylation sites (N-methyl/N-ethyl adjacent to an activating group) is 1. The lowest BCUT2D eigenvalue weighted by molar-refractivity contribution is -0.132. The van der Waals surface area contributed by atoms with Crippen LogP contribution in [0.5, 0.6) is 0 Å². The van der Waals surface area contributed by atoms with Gasteiger partial charge in [0.25, 0.3) is 5.91 Å². The maximum atomic E-state index is 13.3. The molecule has 2 aromatic carbocycles. The van der Waals surface area contributed by atoms with E-state index in [9.17, 15) is 14.4 Å². The summed E-state index contributed by atoms with van der Waals surface area (Å²) in [6, 6.07) is 15.4. The molecule has 0 aliphatic carbocycles. The van der Waals surface area contributed by atoms with Crippen molar-refractivity contribution in [3.8, 4) is 0 Å². The summed E-state index contributed by atoms with van der Waals surface area (Å²) in [6.45, 7) is 5.92. The van der Waals surface area contributed by atoms with Crippen molar-refractivity contribution in [1.29, 1.82) is 0 Å². The molecule has 7 heteroatoms. The van der Waals surface area contributed by atoms with E-state index < -0.39 is 23.9 Å². The van der Waals surface area contributed by atoms with Gasteiger partial charge in [0.15, 0.2) is 0 Å². The number of benzodiazepines with no additional fused rings is 1. The highest BCUT2D eigenvalue weighted by molar-refractivity contribution is 6.20. The topological polar surface area (TPSA) is 105 Å². The Bertz CT molecular complexity index is 1050. The molecular weight excluding hydrogens is 404 g/mol. The van der Waals surface area contributed by atoms with Crippen molar-refractivity contribution in [2.45, 2.75) is 39.8 Å².